The summed E-state index contributed by atoms with van der Waals surface area (Å²) < 4.78 is 43.1. The van der Waals surface area contributed by atoms with Gasteiger partial charge in [0.2, 0.25) is 0 Å². The Labute approximate surface area is 105 Å². The first kappa shape index (κ1) is 14.9. The minimum Gasteiger partial charge on any atom is -0.477 e. The molecular formula is C10H12F3NO3S. The van der Waals surface area contributed by atoms with E-state index in [4.69, 9.17) is 9.84 Å². The number of carboxylic acids is 1. The lowest BCUT2D eigenvalue weighted by molar-refractivity contribution is -0.141. The molecule has 0 spiro atoms. The lowest BCUT2D eigenvalue weighted by atomic mass is 10.3. The quantitative estimate of drug-likeness (QED) is 0.900. The Morgan fingerprint density at radius 2 is 2.11 bits per heavy atom. The van der Waals surface area contributed by atoms with Gasteiger partial charge in [0.05, 0.1) is 0 Å². The monoisotopic (exact) mass is 283 g/mol. The van der Waals surface area contributed by atoms with Gasteiger partial charge in [0, 0.05) is 6.61 Å². The molecule has 1 atom stereocenters. The molecule has 102 valence electrons. The van der Waals surface area contributed by atoms with Crippen molar-refractivity contribution in [2.45, 2.75) is 32.5 Å². The lowest BCUT2D eigenvalue weighted by Gasteiger charge is -2.11. The minimum atomic E-state index is -4.77. The summed E-state index contributed by atoms with van der Waals surface area (Å²) in [5, 5.41) is 8.80. The third-order valence-electron chi connectivity index (χ3n) is 2.12. The molecule has 8 heteroatoms. The van der Waals surface area contributed by atoms with Gasteiger partial charge in [-0.05, 0) is 13.3 Å². The van der Waals surface area contributed by atoms with Crippen molar-refractivity contribution < 1.29 is 27.8 Å². The molecule has 0 aliphatic rings. The van der Waals surface area contributed by atoms with Gasteiger partial charge in [-0.15, -0.1) is 11.3 Å². The highest BCUT2D eigenvalue weighted by atomic mass is 32.1. The molecule has 0 fully saturated rings. The Morgan fingerprint density at radius 1 is 1.50 bits per heavy atom. The second kappa shape index (κ2) is 5.66. The van der Waals surface area contributed by atoms with Crippen LogP contribution < -0.4 is 0 Å². The van der Waals surface area contributed by atoms with Crippen molar-refractivity contribution in [2.75, 3.05) is 6.61 Å². The number of hydrogen-bond acceptors (Lipinski definition) is 4. The maximum atomic E-state index is 12.6. The third kappa shape index (κ3) is 3.20. The molecule has 0 bridgehead atoms. The topological polar surface area (TPSA) is 59.4 Å². The number of alkyl halides is 3. The van der Waals surface area contributed by atoms with Crippen LogP contribution in [-0.4, -0.2) is 22.7 Å². The number of nitrogens with zero attached hydrogens (tertiary/aromatic N) is 1. The average Bonchev–Trinajstić information content (AvgIpc) is 2.70. The Morgan fingerprint density at radius 3 is 2.44 bits per heavy atom. The number of carboxylic acid groups (broad SMARTS) is 1. The van der Waals surface area contributed by atoms with Gasteiger partial charge in [0.15, 0.2) is 5.69 Å². The van der Waals surface area contributed by atoms with Gasteiger partial charge in [0.25, 0.3) is 0 Å². The van der Waals surface area contributed by atoms with Crippen LogP contribution in [0.4, 0.5) is 13.2 Å². The minimum absolute atomic E-state index is 0.0454. The molecule has 1 N–H and O–H groups in total. The molecule has 0 saturated carbocycles. The molecule has 1 heterocycles. The fourth-order valence-electron chi connectivity index (χ4n) is 1.38. The van der Waals surface area contributed by atoms with Crippen LogP contribution in [0.3, 0.4) is 0 Å². The number of halogens is 3. The van der Waals surface area contributed by atoms with Gasteiger partial charge >= 0.3 is 12.1 Å². The predicted octanol–water partition coefficient (Wildman–Crippen LogP) is 3.35. The first-order chi connectivity index (χ1) is 8.31. The fraction of sp³-hybridized carbons (Fsp3) is 0.600. The largest absolute Gasteiger partial charge is 0.477 e. The van der Waals surface area contributed by atoms with E-state index in [2.05, 4.69) is 4.98 Å². The van der Waals surface area contributed by atoms with Crippen LogP contribution in [0.5, 0.6) is 0 Å². The van der Waals surface area contributed by atoms with Gasteiger partial charge in [-0.3, -0.25) is 0 Å². The fourth-order valence-corrected chi connectivity index (χ4v) is 2.43. The second-order valence-electron chi connectivity index (χ2n) is 3.38. The molecule has 1 aromatic rings. The molecule has 1 aromatic heterocycles. The van der Waals surface area contributed by atoms with Crippen molar-refractivity contribution >= 4 is 17.3 Å². The molecule has 0 amide bonds. The number of aromatic nitrogens is 1. The molecule has 18 heavy (non-hydrogen) atoms. The van der Waals surface area contributed by atoms with E-state index >= 15 is 0 Å². The van der Waals surface area contributed by atoms with Crippen molar-refractivity contribution in [3.05, 3.63) is 15.6 Å². The molecule has 0 radical (unpaired) electrons. The van der Waals surface area contributed by atoms with Crippen LogP contribution >= 0.6 is 11.3 Å². The Bertz CT molecular complexity index is 430. The SMILES string of the molecule is CCOC(CC)c1nc(C(F)(F)F)c(C(=O)O)s1. The highest BCUT2D eigenvalue weighted by Gasteiger charge is 2.40. The van der Waals surface area contributed by atoms with Crippen LogP contribution in [-0.2, 0) is 10.9 Å². The van der Waals surface area contributed by atoms with E-state index in [1.165, 1.54) is 0 Å². The number of ether oxygens (including phenoxy) is 1. The first-order valence-electron chi connectivity index (χ1n) is 5.24. The molecule has 0 aliphatic carbocycles. The molecule has 0 aliphatic heterocycles. The standard InChI is InChI=1S/C10H12F3NO3S/c1-3-5(17-4-2)8-14-7(10(11,12)13)6(18-8)9(15)16/h5H,3-4H2,1-2H3,(H,15,16). The summed E-state index contributed by atoms with van der Waals surface area (Å²) in [4.78, 5) is 13.4. The van der Waals surface area contributed by atoms with E-state index in [9.17, 15) is 18.0 Å². The lowest BCUT2D eigenvalue weighted by Crippen LogP contribution is -2.12. The maximum Gasteiger partial charge on any atom is 0.435 e. The van der Waals surface area contributed by atoms with Crippen molar-refractivity contribution in [1.29, 1.82) is 0 Å². The van der Waals surface area contributed by atoms with E-state index in [0.29, 0.717) is 24.4 Å². The number of rotatable bonds is 5. The van der Waals surface area contributed by atoms with Crippen molar-refractivity contribution in [3.8, 4) is 0 Å². The van der Waals surface area contributed by atoms with E-state index in [1.807, 2.05) is 0 Å². The summed E-state index contributed by atoms with van der Waals surface area (Å²) in [6.45, 7) is 3.76. The molecule has 0 aromatic carbocycles. The summed E-state index contributed by atoms with van der Waals surface area (Å²) in [6.07, 6.45) is -4.95. The van der Waals surface area contributed by atoms with Crippen LogP contribution in [0.25, 0.3) is 0 Å². The molecule has 0 saturated heterocycles. The van der Waals surface area contributed by atoms with E-state index in [1.54, 1.807) is 13.8 Å². The van der Waals surface area contributed by atoms with E-state index in [-0.39, 0.29) is 5.01 Å². The van der Waals surface area contributed by atoms with E-state index < -0.39 is 28.8 Å². The van der Waals surface area contributed by atoms with Crippen LogP contribution in [0.15, 0.2) is 0 Å². The highest BCUT2D eigenvalue weighted by Crippen LogP contribution is 2.37. The molecule has 4 nitrogen and oxygen atoms in total. The van der Waals surface area contributed by atoms with Gasteiger partial charge in [-0.2, -0.15) is 13.2 Å². The second-order valence-corrected chi connectivity index (χ2v) is 4.42. The summed E-state index contributed by atoms with van der Waals surface area (Å²) in [5.41, 5.74) is -1.35. The number of aromatic carboxylic acids is 1. The Hall–Kier alpha value is -1.15. The summed E-state index contributed by atoms with van der Waals surface area (Å²) in [7, 11) is 0. The zero-order chi connectivity index (χ0) is 13.9. The molecular weight excluding hydrogens is 271 g/mol. The molecule has 1 rings (SSSR count). The van der Waals surface area contributed by atoms with Crippen molar-refractivity contribution in [3.63, 3.8) is 0 Å². The van der Waals surface area contributed by atoms with Crippen LogP contribution in [0.2, 0.25) is 0 Å². The van der Waals surface area contributed by atoms with Gasteiger partial charge < -0.3 is 9.84 Å². The summed E-state index contributed by atoms with van der Waals surface area (Å²) in [5.74, 6) is -1.63. The summed E-state index contributed by atoms with van der Waals surface area (Å²) >= 11 is 0.511. The first-order valence-corrected chi connectivity index (χ1v) is 6.05. The third-order valence-corrected chi connectivity index (χ3v) is 3.26. The average molecular weight is 283 g/mol. The zero-order valence-electron chi connectivity index (χ0n) is 9.74. The maximum absolute atomic E-state index is 12.6. The predicted molar refractivity (Wildman–Crippen MR) is 58.7 cm³/mol. The van der Waals surface area contributed by atoms with Crippen molar-refractivity contribution in [1.82, 2.24) is 4.98 Å². The number of thiazole rings is 1. The van der Waals surface area contributed by atoms with Gasteiger partial charge in [0.1, 0.15) is 16.0 Å². The van der Waals surface area contributed by atoms with Gasteiger partial charge in [-0.25, -0.2) is 9.78 Å². The zero-order valence-corrected chi connectivity index (χ0v) is 10.6. The smallest absolute Gasteiger partial charge is 0.435 e. The van der Waals surface area contributed by atoms with Crippen LogP contribution in [0.1, 0.15) is 46.7 Å². The number of hydrogen-bond donors (Lipinski definition) is 1. The molecule has 1 unspecified atom stereocenters. The van der Waals surface area contributed by atoms with E-state index in [0.717, 1.165) is 0 Å². The Balaban J connectivity index is 3.21. The van der Waals surface area contributed by atoms with Crippen LogP contribution in [0, 0.1) is 0 Å². The number of carbonyl (C=O) groups is 1. The van der Waals surface area contributed by atoms with Crippen molar-refractivity contribution in [2.24, 2.45) is 0 Å². The summed E-state index contributed by atoms with van der Waals surface area (Å²) in [6, 6.07) is 0. The normalized spacial score (nSPS) is 13.6. The highest BCUT2D eigenvalue weighted by molar-refractivity contribution is 7.13. The Kier molecular flexibility index (Phi) is 4.69. The van der Waals surface area contributed by atoms with Gasteiger partial charge in [-0.1, -0.05) is 6.92 Å².